The Bertz CT molecular complexity index is 807. The Hall–Kier alpha value is -2.11. The topological polar surface area (TPSA) is 41.6 Å². The molecule has 1 fully saturated rings. The van der Waals surface area contributed by atoms with Gasteiger partial charge in [0.05, 0.1) is 6.54 Å². The normalized spacial score (nSPS) is 15.4. The summed E-state index contributed by atoms with van der Waals surface area (Å²) >= 11 is 6.08. The van der Waals surface area contributed by atoms with Crippen molar-refractivity contribution in [3.8, 4) is 5.75 Å². The monoisotopic (exact) mass is 404 g/mol. The predicted molar refractivity (Wildman–Crippen MR) is 109 cm³/mol. The summed E-state index contributed by atoms with van der Waals surface area (Å²) in [4.78, 5) is 14.6. The number of carbonyl (C=O) groups excluding carboxylic acids is 1. The number of nitrogens with zero attached hydrogens (tertiary/aromatic N) is 1. The Balaban J connectivity index is 1.36. The van der Waals surface area contributed by atoms with E-state index in [0.717, 1.165) is 31.5 Å². The van der Waals surface area contributed by atoms with Crippen molar-refractivity contribution in [3.63, 3.8) is 0 Å². The van der Waals surface area contributed by atoms with Crippen LogP contribution < -0.4 is 10.1 Å². The number of ether oxygens (including phenoxy) is 1. The fraction of sp³-hybridized carbons (Fsp3) is 0.409. The maximum Gasteiger partial charge on any atom is 0.223 e. The van der Waals surface area contributed by atoms with E-state index in [0.29, 0.717) is 36.0 Å². The number of halogens is 2. The van der Waals surface area contributed by atoms with Crippen LogP contribution in [-0.4, -0.2) is 37.0 Å². The van der Waals surface area contributed by atoms with E-state index in [1.54, 1.807) is 12.1 Å². The first-order valence-electron chi connectivity index (χ1n) is 9.65. The van der Waals surface area contributed by atoms with Crippen LogP contribution in [0.15, 0.2) is 42.5 Å². The van der Waals surface area contributed by atoms with Crippen LogP contribution in [0, 0.1) is 18.7 Å². The zero-order chi connectivity index (χ0) is 19.9. The number of piperidine rings is 1. The lowest BCUT2D eigenvalue weighted by molar-refractivity contribution is -0.126. The molecular weight excluding hydrogens is 379 g/mol. The van der Waals surface area contributed by atoms with Gasteiger partial charge in [-0.25, -0.2) is 4.39 Å². The molecule has 0 aliphatic carbocycles. The summed E-state index contributed by atoms with van der Waals surface area (Å²) in [6, 6.07) is 12.4. The van der Waals surface area contributed by atoms with Gasteiger partial charge >= 0.3 is 0 Å². The SMILES string of the molecule is Cc1ccc(OCCNC(=O)C2CCN(Cc3ccccc3F)CC2)cc1Cl. The fourth-order valence-electron chi connectivity index (χ4n) is 3.37. The molecule has 1 saturated heterocycles. The highest BCUT2D eigenvalue weighted by molar-refractivity contribution is 6.31. The summed E-state index contributed by atoms with van der Waals surface area (Å²) in [5.74, 6) is 0.602. The maximum absolute atomic E-state index is 13.8. The van der Waals surface area contributed by atoms with Crippen LogP contribution >= 0.6 is 11.6 Å². The Morgan fingerprint density at radius 2 is 2.00 bits per heavy atom. The van der Waals surface area contributed by atoms with Gasteiger partial charge in [-0.05, 0) is 56.6 Å². The highest BCUT2D eigenvalue weighted by Crippen LogP contribution is 2.22. The Morgan fingerprint density at radius 1 is 1.25 bits per heavy atom. The third kappa shape index (κ3) is 5.69. The van der Waals surface area contributed by atoms with E-state index in [1.807, 2.05) is 31.2 Å². The standard InChI is InChI=1S/C22H26ClFN2O2/c1-16-6-7-19(14-20(16)23)28-13-10-25-22(27)17-8-11-26(12-9-17)15-18-4-2-3-5-21(18)24/h2-7,14,17H,8-13,15H2,1H3,(H,25,27). The molecule has 28 heavy (non-hydrogen) atoms. The van der Waals surface area contributed by atoms with E-state index in [4.69, 9.17) is 16.3 Å². The van der Waals surface area contributed by atoms with Gasteiger partial charge in [-0.3, -0.25) is 9.69 Å². The number of likely N-dealkylation sites (tertiary alicyclic amines) is 1. The van der Waals surface area contributed by atoms with Crippen LogP contribution in [0.3, 0.4) is 0 Å². The van der Waals surface area contributed by atoms with Crippen LogP contribution in [0.5, 0.6) is 5.75 Å². The summed E-state index contributed by atoms with van der Waals surface area (Å²) in [7, 11) is 0. The lowest BCUT2D eigenvalue weighted by Crippen LogP contribution is -2.41. The van der Waals surface area contributed by atoms with Gasteiger partial charge in [-0.2, -0.15) is 0 Å². The largest absolute Gasteiger partial charge is 0.492 e. The molecule has 1 N–H and O–H groups in total. The lowest BCUT2D eigenvalue weighted by atomic mass is 9.95. The summed E-state index contributed by atoms with van der Waals surface area (Å²) < 4.78 is 19.4. The number of hydrogen-bond donors (Lipinski definition) is 1. The zero-order valence-electron chi connectivity index (χ0n) is 16.1. The minimum absolute atomic E-state index is 0.00527. The molecule has 1 heterocycles. The fourth-order valence-corrected chi connectivity index (χ4v) is 3.54. The molecule has 1 aliphatic rings. The van der Waals surface area contributed by atoms with Crippen molar-refractivity contribution in [2.45, 2.75) is 26.3 Å². The maximum atomic E-state index is 13.8. The molecule has 0 atom stereocenters. The van der Waals surface area contributed by atoms with Gasteiger partial charge < -0.3 is 10.1 Å². The van der Waals surface area contributed by atoms with Crippen molar-refractivity contribution in [1.82, 2.24) is 10.2 Å². The van der Waals surface area contributed by atoms with Crippen LogP contribution in [0.2, 0.25) is 5.02 Å². The smallest absolute Gasteiger partial charge is 0.223 e. The second-order valence-electron chi connectivity index (χ2n) is 7.19. The first-order chi connectivity index (χ1) is 13.5. The first-order valence-corrected chi connectivity index (χ1v) is 10.0. The highest BCUT2D eigenvalue weighted by Gasteiger charge is 2.25. The molecule has 0 aromatic heterocycles. The van der Waals surface area contributed by atoms with E-state index >= 15 is 0 Å². The van der Waals surface area contributed by atoms with E-state index in [-0.39, 0.29) is 17.6 Å². The Kier molecular flexibility index (Phi) is 7.29. The molecule has 0 radical (unpaired) electrons. The molecule has 0 bridgehead atoms. The number of hydrogen-bond acceptors (Lipinski definition) is 3. The molecule has 1 amide bonds. The van der Waals surface area contributed by atoms with E-state index < -0.39 is 0 Å². The summed E-state index contributed by atoms with van der Waals surface area (Å²) in [6.07, 6.45) is 1.57. The van der Waals surface area contributed by atoms with Crippen LogP contribution in [0.4, 0.5) is 4.39 Å². The van der Waals surface area contributed by atoms with E-state index in [9.17, 15) is 9.18 Å². The van der Waals surface area contributed by atoms with Crippen molar-refractivity contribution in [1.29, 1.82) is 0 Å². The van der Waals surface area contributed by atoms with Gasteiger partial charge in [0.2, 0.25) is 5.91 Å². The molecular formula is C22H26ClFN2O2. The Labute approximate surface area is 170 Å². The van der Waals surface area contributed by atoms with E-state index in [1.165, 1.54) is 6.07 Å². The van der Waals surface area contributed by atoms with Gasteiger partial charge in [0.25, 0.3) is 0 Å². The average Bonchev–Trinajstić information content (AvgIpc) is 2.70. The molecule has 6 heteroatoms. The number of aryl methyl sites for hydroxylation is 1. The van der Waals surface area contributed by atoms with Gasteiger partial charge in [0.1, 0.15) is 18.2 Å². The number of carbonyl (C=O) groups is 1. The minimum atomic E-state index is -0.169. The molecule has 0 saturated carbocycles. The predicted octanol–water partition coefficient (Wildman–Crippen LogP) is 4.19. The number of benzene rings is 2. The molecule has 2 aromatic rings. The van der Waals surface area contributed by atoms with Crippen LogP contribution in [0.25, 0.3) is 0 Å². The lowest BCUT2D eigenvalue weighted by Gasteiger charge is -2.31. The summed E-state index contributed by atoms with van der Waals surface area (Å²) in [6.45, 7) is 4.98. The van der Waals surface area contributed by atoms with Gasteiger partial charge in [-0.1, -0.05) is 35.9 Å². The highest BCUT2D eigenvalue weighted by atomic mass is 35.5. The van der Waals surface area contributed by atoms with Crippen molar-refractivity contribution < 1.29 is 13.9 Å². The van der Waals surface area contributed by atoms with Crippen molar-refractivity contribution >= 4 is 17.5 Å². The molecule has 4 nitrogen and oxygen atoms in total. The zero-order valence-corrected chi connectivity index (χ0v) is 16.8. The summed E-state index contributed by atoms with van der Waals surface area (Å²) in [5, 5.41) is 3.62. The second-order valence-corrected chi connectivity index (χ2v) is 7.60. The van der Waals surface area contributed by atoms with Crippen molar-refractivity contribution in [2.75, 3.05) is 26.2 Å². The minimum Gasteiger partial charge on any atom is -0.492 e. The summed E-state index contributed by atoms with van der Waals surface area (Å²) in [5.41, 5.74) is 1.71. The van der Waals surface area contributed by atoms with Crippen LogP contribution in [0.1, 0.15) is 24.0 Å². The molecule has 0 spiro atoms. The quantitative estimate of drug-likeness (QED) is 0.703. The Morgan fingerprint density at radius 3 is 2.71 bits per heavy atom. The number of amides is 1. The number of rotatable bonds is 7. The van der Waals surface area contributed by atoms with Crippen molar-refractivity contribution in [2.24, 2.45) is 5.92 Å². The molecule has 2 aromatic carbocycles. The van der Waals surface area contributed by atoms with Crippen molar-refractivity contribution in [3.05, 3.63) is 64.4 Å². The molecule has 0 unspecified atom stereocenters. The third-order valence-corrected chi connectivity index (χ3v) is 5.53. The van der Waals surface area contributed by atoms with Gasteiger partial charge in [-0.15, -0.1) is 0 Å². The molecule has 1 aliphatic heterocycles. The average molecular weight is 405 g/mol. The number of nitrogens with one attached hydrogen (secondary N) is 1. The molecule has 150 valence electrons. The second kappa shape index (κ2) is 9.89. The van der Waals surface area contributed by atoms with E-state index in [2.05, 4.69) is 10.2 Å². The molecule has 3 rings (SSSR count). The third-order valence-electron chi connectivity index (χ3n) is 5.12. The van der Waals surface area contributed by atoms with Gasteiger partial charge in [0.15, 0.2) is 0 Å². The van der Waals surface area contributed by atoms with Gasteiger partial charge in [0, 0.05) is 23.0 Å². The van der Waals surface area contributed by atoms with Crippen LogP contribution in [-0.2, 0) is 11.3 Å². The first kappa shape index (κ1) is 20.6.